The van der Waals surface area contributed by atoms with Gasteiger partial charge in [0, 0.05) is 16.2 Å². The molecule has 0 aliphatic heterocycles. The molecule has 0 aliphatic rings. The van der Waals surface area contributed by atoms with Gasteiger partial charge in [0.1, 0.15) is 0 Å². The third kappa shape index (κ3) is 4.44. The number of nitrogens with one attached hydrogen (secondary N) is 1. The molecular weight excluding hydrogens is 370 g/mol. The van der Waals surface area contributed by atoms with E-state index in [1.807, 2.05) is 0 Å². The van der Waals surface area contributed by atoms with Crippen molar-refractivity contribution in [3.8, 4) is 0 Å². The maximum Gasteiger partial charge on any atom is 0.328 e. The molecule has 0 aromatic heterocycles. The van der Waals surface area contributed by atoms with Crippen molar-refractivity contribution in [1.82, 2.24) is 0 Å². The number of halogens is 1. The van der Waals surface area contributed by atoms with E-state index >= 15 is 0 Å². The topological polar surface area (TPSA) is 83.5 Å². The summed E-state index contributed by atoms with van der Waals surface area (Å²) >= 11 is 3.28. The fourth-order valence-electron chi connectivity index (χ4n) is 1.66. The zero-order valence-corrected chi connectivity index (χ0v) is 13.6. The fraction of sp³-hybridized carbons (Fsp3) is 0. The van der Waals surface area contributed by atoms with Crippen molar-refractivity contribution >= 4 is 43.7 Å². The Balaban J connectivity index is 2.19. The van der Waals surface area contributed by atoms with Crippen molar-refractivity contribution in [3.63, 3.8) is 0 Å². The van der Waals surface area contributed by atoms with Crippen LogP contribution in [0.15, 0.2) is 64.0 Å². The highest BCUT2D eigenvalue weighted by Crippen LogP contribution is 2.19. The first-order chi connectivity index (χ1) is 10.4. The molecule has 2 aromatic rings. The van der Waals surface area contributed by atoms with Gasteiger partial charge in [0.25, 0.3) is 10.0 Å². The van der Waals surface area contributed by atoms with Crippen LogP contribution in [0.4, 0.5) is 5.69 Å². The molecule has 0 fully saturated rings. The smallest absolute Gasteiger partial charge is 0.328 e. The van der Waals surface area contributed by atoms with Gasteiger partial charge < -0.3 is 5.11 Å². The van der Waals surface area contributed by atoms with Crippen molar-refractivity contribution in [2.24, 2.45) is 0 Å². The van der Waals surface area contributed by atoms with Crippen molar-refractivity contribution in [2.75, 3.05) is 4.72 Å². The second-order valence-electron chi connectivity index (χ2n) is 4.35. The largest absolute Gasteiger partial charge is 0.478 e. The van der Waals surface area contributed by atoms with Crippen LogP contribution in [0.2, 0.25) is 0 Å². The standard InChI is InChI=1S/C15H12BrNO4S/c16-12-4-6-13(7-5-12)17-22(20,21)14-8-1-11(2-9-14)3-10-15(18)19/h1-10,17H,(H,18,19). The predicted molar refractivity (Wildman–Crippen MR) is 88.1 cm³/mol. The molecule has 0 bridgehead atoms. The minimum absolute atomic E-state index is 0.0999. The van der Waals surface area contributed by atoms with Crippen LogP contribution in [0.25, 0.3) is 6.08 Å². The SMILES string of the molecule is O=C(O)C=Cc1ccc(S(=O)(=O)Nc2ccc(Br)cc2)cc1. The summed E-state index contributed by atoms with van der Waals surface area (Å²) in [6.07, 6.45) is 2.38. The van der Waals surface area contributed by atoms with Crippen LogP contribution >= 0.6 is 15.9 Å². The van der Waals surface area contributed by atoms with E-state index in [-0.39, 0.29) is 4.90 Å². The van der Waals surface area contributed by atoms with Crippen LogP contribution < -0.4 is 4.72 Å². The summed E-state index contributed by atoms with van der Waals surface area (Å²) in [4.78, 5) is 10.5. The summed E-state index contributed by atoms with van der Waals surface area (Å²) in [5, 5.41) is 8.55. The van der Waals surface area contributed by atoms with Gasteiger partial charge in [-0.2, -0.15) is 0 Å². The van der Waals surface area contributed by atoms with Crippen molar-refractivity contribution in [1.29, 1.82) is 0 Å². The molecule has 0 heterocycles. The number of sulfonamides is 1. The van der Waals surface area contributed by atoms with Gasteiger partial charge in [-0.05, 0) is 48.0 Å². The van der Waals surface area contributed by atoms with E-state index in [4.69, 9.17) is 5.11 Å². The Morgan fingerprint density at radius 1 is 1.05 bits per heavy atom. The van der Waals surface area contributed by atoms with E-state index < -0.39 is 16.0 Å². The molecule has 0 saturated carbocycles. The minimum Gasteiger partial charge on any atom is -0.478 e. The highest BCUT2D eigenvalue weighted by molar-refractivity contribution is 9.10. The molecule has 2 N–H and O–H groups in total. The Bertz CT molecular complexity index is 796. The Hall–Kier alpha value is -2.12. The number of anilines is 1. The minimum atomic E-state index is -3.68. The van der Waals surface area contributed by atoms with Gasteiger partial charge in [-0.25, -0.2) is 13.2 Å². The molecule has 2 rings (SSSR count). The molecule has 0 atom stereocenters. The average molecular weight is 382 g/mol. The van der Waals surface area contributed by atoms with Crippen LogP contribution in [-0.2, 0) is 14.8 Å². The molecule has 114 valence electrons. The monoisotopic (exact) mass is 381 g/mol. The molecule has 0 spiro atoms. The van der Waals surface area contributed by atoms with Crippen LogP contribution in [0.1, 0.15) is 5.56 Å². The van der Waals surface area contributed by atoms with E-state index in [1.54, 1.807) is 24.3 Å². The molecule has 7 heteroatoms. The Morgan fingerprint density at radius 3 is 2.18 bits per heavy atom. The lowest BCUT2D eigenvalue weighted by atomic mass is 10.2. The summed E-state index contributed by atoms with van der Waals surface area (Å²) in [6.45, 7) is 0. The number of rotatable bonds is 5. The number of carboxylic acids is 1. The Labute approximate surface area is 136 Å². The van der Waals surface area contributed by atoms with Crippen LogP contribution in [-0.4, -0.2) is 19.5 Å². The average Bonchev–Trinajstić information content (AvgIpc) is 2.48. The fourth-order valence-corrected chi connectivity index (χ4v) is 2.98. The van der Waals surface area contributed by atoms with Gasteiger partial charge in [-0.15, -0.1) is 0 Å². The zero-order valence-electron chi connectivity index (χ0n) is 11.2. The number of hydrogen-bond donors (Lipinski definition) is 2. The molecule has 0 unspecified atom stereocenters. The van der Waals surface area contributed by atoms with Gasteiger partial charge in [-0.3, -0.25) is 4.72 Å². The van der Waals surface area contributed by atoms with Crippen molar-refractivity contribution in [3.05, 3.63) is 64.6 Å². The second-order valence-corrected chi connectivity index (χ2v) is 6.95. The number of aliphatic carboxylic acids is 1. The van der Waals surface area contributed by atoms with E-state index in [0.717, 1.165) is 10.5 Å². The second kappa shape index (κ2) is 6.76. The number of carboxylic acid groups (broad SMARTS) is 1. The molecule has 2 aromatic carbocycles. The molecular formula is C15H12BrNO4S. The van der Waals surface area contributed by atoms with Crippen molar-refractivity contribution < 1.29 is 18.3 Å². The number of carbonyl (C=O) groups is 1. The van der Waals surface area contributed by atoms with Gasteiger partial charge >= 0.3 is 5.97 Å². The first-order valence-corrected chi connectivity index (χ1v) is 8.44. The predicted octanol–water partition coefficient (Wildman–Crippen LogP) is 3.35. The maximum atomic E-state index is 12.2. The van der Waals surface area contributed by atoms with E-state index in [9.17, 15) is 13.2 Å². The third-order valence-electron chi connectivity index (χ3n) is 2.71. The summed E-state index contributed by atoms with van der Waals surface area (Å²) in [5.74, 6) is -1.06. The summed E-state index contributed by atoms with van der Waals surface area (Å²) in [7, 11) is -3.68. The first kappa shape index (κ1) is 16.3. The van der Waals surface area contributed by atoms with Gasteiger partial charge in [0.05, 0.1) is 4.90 Å². The zero-order chi connectivity index (χ0) is 16.2. The van der Waals surface area contributed by atoms with Gasteiger partial charge in [-0.1, -0.05) is 28.1 Å². The van der Waals surface area contributed by atoms with Gasteiger partial charge in [0.2, 0.25) is 0 Å². The lowest BCUT2D eigenvalue weighted by molar-refractivity contribution is -0.131. The lowest BCUT2D eigenvalue weighted by Crippen LogP contribution is -2.12. The summed E-state index contributed by atoms with van der Waals surface area (Å²) in [6, 6.07) is 12.7. The maximum absolute atomic E-state index is 12.2. The molecule has 22 heavy (non-hydrogen) atoms. The summed E-state index contributed by atoms with van der Waals surface area (Å²) in [5.41, 5.74) is 1.06. The van der Waals surface area contributed by atoms with Crippen LogP contribution in [0.5, 0.6) is 0 Å². The number of benzene rings is 2. The quantitative estimate of drug-likeness (QED) is 0.777. The molecule has 0 aliphatic carbocycles. The molecule has 5 nitrogen and oxygen atoms in total. The van der Waals surface area contributed by atoms with E-state index in [2.05, 4.69) is 20.7 Å². The third-order valence-corrected chi connectivity index (χ3v) is 4.63. The highest BCUT2D eigenvalue weighted by Gasteiger charge is 2.13. The highest BCUT2D eigenvalue weighted by atomic mass is 79.9. The Kier molecular flexibility index (Phi) is 4.99. The molecule has 0 amide bonds. The molecule has 0 saturated heterocycles. The van der Waals surface area contributed by atoms with Crippen LogP contribution in [0, 0.1) is 0 Å². The number of hydrogen-bond acceptors (Lipinski definition) is 3. The van der Waals surface area contributed by atoms with Crippen molar-refractivity contribution in [2.45, 2.75) is 4.90 Å². The lowest BCUT2D eigenvalue weighted by Gasteiger charge is -2.08. The Morgan fingerprint density at radius 2 is 1.64 bits per heavy atom. The van der Waals surface area contributed by atoms with Crippen LogP contribution in [0.3, 0.4) is 0 Å². The molecule has 0 radical (unpaired) electrons. The van der Waals surface area contributed by atoms with Gasteiger partial charge in [0.15, 0.2) is 0 Å². The van der Waals surface area contributed by atoms with E-state index in [1.165, 1.54) is 30.3 Å². The first-order valence-electron chi connectivity index (χ1n) is 6.16. The normalized spacial score (nSPS) is 11.5. The van der Waals surface area contributed by atoms with E-state index in [0.29, 0.717) is 11.3 Å². The summed E-state index contributed by atoms with van der Waals surface area (Å²) < 4.78 is 27.8.